The Kier molecular flexibility index (Phi) is 5.27. The largest absolute Gasteiger partial charge is 0.379 e. The second kappa shape index (κ2) is 7.17. The van der Waals surface area contributed by atoms with Crippen molar-refractivity contribution >= 4 is 16.8 Å². The number of aromatic amines is 1. The number of hydrogen-bond acceptors (Lipinski definition) is 4. The zero-order chi connectivity index (χ0) is 16.1. The summed E-state index contributed by atoms with van der Waals surface area (Å²) in [5.74, 6) is -0.379. The fourth-order valence-corrected chi connectivity index (χ4v) is 2.13. The zero-order valence-electron chi connectivity index (χ0n) is 13.1. The molecule has 0 atom stereocenters. The third-order valence-corrected chi connectivity index (χ3v) is 3.27. The van der Waals surface area contributed by atoms with Crippen LogP contribution in [0.3, 0.4) is 0 Å². The van der Waals surface area contributed by atoms with Gasteiger partial charge in [-0.1, -0.05) is 0 Å². The van der Waals surface area contributed by atoms with Crippen molar-refractivity contribution in [3.05, 3.63) is 39.9 Å². The number of carbonyl (C=O) groups excluding carboxylic acids is 1. The van der Waals surface area contributed by atoms with Gasteiger partial charge in [0.25, 0.3) is 11.5 Å². The van der Waals surface area contributed by atoms with E-state index in [1.54, 1.807) is 18.3 Å². The highest BCUT2D eigenvalue weighted by molar-refractivity contribution is 5.97. The zero-order valence-corrected chi connectivity index (χ0v) is 13.1. The van der Waals surface area contributed by atoms with E-state index < -0.39 is 5.56 Å². The van der Waals surface area contributed by atoms with E-state index >= 15 is 0 Å². The number of H-pyrrole nitrogens is 1. The van der Waals surface area contributed by atoms with Gasteiger partial charge in [0.05, 0.1) is 11.6 Å². The van der Waals surface area contributed by atoms with Crippen LogP contribution < -0.4 is 10.9 Å². The lowest BCUT2D eigenvalue weighted by Crippen LogP contribution is -2.30. The lowest BCUT2D eigenvalue weighted by Gasteiger charge is -2.08. The summed E-state index contributed by atoms with van der Waals surface area (Å²) in [6.45, 7) is 6.81. The Bertz CT molecular complexity index is 722. The number of fused-ring (bicyclic) bond motifs is 1. The normalized spacial score (nSPS) is 11.1. The lowest BCUT2D eigenvalue weighted by atomic mass is 10.1. The molecule has 0 aromatic carbocycles. The van der Waals surface area contributed by atoms with E-state index in [0.717, 1.165) is 11.1 Å². The van der Waals surface area contributed by atoms with E-state index in [1.807, 2.05) is 20.8 Å². The van der Waals surface area contributed by atoms with Gasteiger partial charge in [-0.25, -0.2) is 0 Å². The molecule has 0 radical (unpaired) electrons. The Morgan fingerprint density at radius 2 is 2.23 bits per heavy atom. The molecule has 0 saturated heterocycles. The van der Waals surface area contributed by atoms with E-state index in [1.165, 1.54) is 0 Å². The van der Waals surface area contributed by atoms with E-state index in [9.17, 15) is 9.59 Å². The van der Waals surface area contributed by atoms with Crippen molar-refractivity contribution in [1.82, 2.24) is 15.3 Å². The van der Waals surface area contributed by atoms with Gasteiger partial charge < -0.3 is 15.0 Å². The predicted molar refractivity (Wildman–Crippen MR) is 85.1 cm³/mol. The monoisotopic (exact) mass is 303 g/mol. The standard InChI is InChI=1S/C16H21N3O3/c1-10(2)22-8-4-6-18-15(20)13-9-12-11(3)17-7-5-14(12)19-16(13)21/h5,7,9-10H,4,6,8H2,1-3H3,(H,18,20)(H,19,21). The number of ether oxygens (including phenoxy) is 1. The van der Waals surface area contributed by atoms with Crippen molar-refractivity contribution in [2.45, 2.75) is 33.3 Å². The minimum atomic E-state index is -0.394. The van der Waals surface area contributed by atoms with Crippen molar-refractivity contribution in [2.24, 2.45) is 0 Å². The van der Waals surface area contributed by atoms with Crippen LogP contribution in [0.5, 0.6) is 0 Å². The Morgan fingerprint density at radius 1 is 1.45 bits per heavy atom. The second-order valence-corrected chi connectivity index (χ2v) is 5.40. The Labute approximate surface area is 128 Å². The Morgan fingerprint density at radius 3 is 2.95 bits per heavy atom. The molecular weight excluding hydrogens is 282 g/mol. The molecule has 118 valence electrons. The molecule has 0 spiro atoms. The molecule has 0 fully saturated rings. The number of nitrogens with one attached hydrogen (secondary N) is 2. The molecule has 0 aliphatic heterocycles. The van der Waals surface area contributed by atoms with Crippen molar-refractivity contribution in [3.8, 4) is 0 Å². The van der Waals surface area contributed by atoms with Crippen LogP contribution in [-0.2, 0) is 4.74 Å². The average Bonchev–Trinajstić information content (AvgIpc) is 2.46. The second-order valence-electron chi connectivity index (χ2n) is 5.40. The fourth-order valence-electron chi connectivity index (χ4n) is 2.13. The molecule has 2 rings (SSSR count). The summed E-state index contributed by atoms with van der Waals surface area (Å²) >= 11 is 0. The van der Waals surface area contributed by atoms with Crippen LogP contribution in [-0.4, -0.2) is 35.1 Å². The van der Waals surface area contributed by atoms with Crippen LogP contribution in [0.15, 0.2) is 23.1 Å². The van der Waals surface area contributed by atoms with Crippen LogP contribution in [0.1, 0.15) is 36.3 Å². The van der Waals surface area contributed by atoms with Crippen LogP contribution in [0.25, 0.3) is 10.9 Å². The smallest absolute Gasteiger partial charge is 0.261 e. The molecule has 2 aromatic heterocycles. The number of nitrogens with zero attached hydrogens (tertiary/aromatic N) is 1. The molecule has 6 nitrogen and oxygen atoms in total. The van der Waals surface area contributed by atoms with Gasteiger partial charge in [0.15, 0.2) is 0 Å². The van der Waals surface area contributed by atoms with Crippen molar-refractivity contribution in [1.29, 1.82) is 0 Å². The summed E-state index contributed by atoms with van der Waals surface area (Å²) in [7, 11) is 0. The third-order valence-electron chi connectivity index (χ3n) is 3.27. The van der Waals surface area contributed by atoms with Crippen LogP contribution in [0.4, 0.5) is 0 Å². The van der Waals surface area contributed by atoms with Crippen molar-refractivity contribution in [2.75, 3.05) is 13.2 Å². The molecule has 2 heterocycles. The summed E-state index contributed by atoms with van der Waals surface area (Å²) in [6.07, 6.45) is 2.51. The van der Waals surface area contributed by atoms with E-state index in [0.29, 0.717) is 25.1 Å². The van der Waals surface area contributed by atoms with Gasteiger partial charge >= 0.3 is 0 Å². The van der Waals surface area contributed by atoms with Gasteiger partial charge in [-0.3, -0.25) is 14.6 Å². The van der Waals surface area contributed by atoms with Crippen LogP contribution in [0.2, 0.25) is 0 Å². The molecule has 0 bridgehead atoms. The molecule has 2 aromatic rings. The number of aryl methyl sites for hydroxylation is 1. The molecule has 0 aliphatic carbocycles. The van der Waals surface area contributed by atoms with Crippen molar-refractivity contribution < 1.29 is 9.53 Å². The summed E-state index contributed by atoms with van der Waals surface area (Å²) in [6, 6.07) is 3.31. The molecule has 0 saturated carbocycles. The van der Waals surface area contributed by atoms with Gasteiger partial charge in [-0.15, -0.1) is 0 Å². The fraction of sp³-hybridized carbons (Fsp3) is 0.438. The first-order valence-corrected chi connectivity index (χ1v) is 7.37. The number of rotatable bonds is 6. The molecule has 22 heavy (non-hydrogen) atoms. The first-order valence-electron chi connectivity index (χ1n) is 7.37. The maximum absolute atomic E-state index is 12.1. The highest BCUT2D eigenvalue weighted by atomic mass is 16.5. The van der Waals surface area contributed by atoms with Crippen LogP contribution >= 0.6 is 0 Å². The SMILES string of the molecule is Cc1nccc2[nH]c(=O)c(C(=O)NCCCOC(C)C)cc12. The molecule has 1 amide bonds. The van der Waals surface area contributed by atoms with E-state index in [4.69, 9.17) is 4.74 Å². The number of carbonyl (C=O) groups is 1. The highest BCUT2D eigenvalue weighted by Gasteiger charge is 2.12. The molecule has 2 N–H and O–H groups in total. The minimum Gasteiger partial charge on any atom is -0.379 e. The Hall–Kier alpha value is -2.21. The molecule has 0 unspecified atom stereocenters. The van der Waals surface area contributed by atoms with Gasteiger partial charge in [0.1, 0.15) is 5.56 Å². The van der Waals surface area contributed by atoms with Gasteiger partial charge in [-0.2, -0.15) is 0 Å². The van der Waals surface area contributed by atoms with Crippen molar-refractivity contribution in [3.63, 3.8) is 0 Å². The van der Waals surface area contributed by atoms with E-state index in [2.05, 4.69) is 15.3 Å². The number of amides is 1. The highest BCUT2D eigenvalue weighted by Crippen LogP contribution is 2.13. The third kappa shape index (κ3) is 3.92. The van der Waals surface area contributed by atoms with Gasteiger partial charge in [0, 0.05) is 30.4 Å². The first-order chi connectivity index (χ1) is 10.5. The quantitative estimate of drug-likeness (QED) is 0.797. The maximum atomic E-state index is 12.1. The lowest BCUT2D eigenvalue weighted by molar-refractivity contribution is 0.0757. The number of pyridine rings is 2. The maximum Gasteiger partial charge on any atom is 0.261 e. The van der Waals surface area contributed by atoms with Gasteiger partial charge in [-0.05, 0) is 39.3 Å². The molecule has 0 aliphatic rings. The topological polar surface area (TPSA) is 84.1 Å². The average molecular weight is 303 g/mol. The number of hydrogen-bond donors (Lipinski definition) is 2. The summed E-state index contributed by atoms with van der Waals surface area (Å²) < 4.78 is 5.40. The summed E-state index contributed by atoms with van der Waals surface area (Å²) in [4.78, 5) is 31.0. The van der Waals surface area contributed by atoms with E-state index in [-0.39, 0.29) is 17.6 Å². The molecule has 6 heteroatoms. The Balaban J connectivity index is 2.06. The molecular formula is C16H21N3O3. The van der Waals surface area contributed by atoms with Crippen LogP contribution in [0, 0.1) is 6.92 Å². The summed E-state index contributed by atoms with van der Waals surface area (Å²) in [5, 5.41) is 3.51. The summed E-state index contributed by atoms with van der Waals surface area (Å²) in [5.41, 5.74) is 1.16. The minimum absolute atomic E-state index is 0.105. The first kappa shape index (κ1) is 16.2. The number of aromatic nitrogens is 2. The van der Waals surface area contributed by atoms with Gasteiger partial charge in [0.2, 0.25) is 0 Å². The predicted octanol–water partition coefficient (Wildman–Crippen LogP) is 1.78.